The van der Waals surface area contributed by atoms with Crippen molar-refractivity contribution in [3.8, 4) is 0 Å². The molecule has 0 spiro atoms. The molecule has 0 radical (unpaired) electrons. The third-order valence-corrected chi connectivity index (χ3v) is 3.10. The van der Waals surface area contributed by atoms with E-state index >= 15 is 0 Å². The van der Waals surface area contributed by atoms with Gasteiger partial charge in [-0.3, -0.25) is 10.2 Å². The second-order valence-corrected chi connectivity index (χ2v) is 4.57. The van der Waals surface area contributed by atoms with Gasteiger partial charge in [-0.15, -0.1) is 10.2 Å². The van der Waals surface area contributed by atoms with Gasteiger partial charge in [-0.25, -0.2) is 9.66 Å². The van der Waals surface area contributed by atoms with Crippen LogP contribution in [0.4, 0.5) is 0 Å². The number of hydrogen-bond donors (Lipinski definition) is 1. The van der Waals surface area contributed by atoms with Gasteiger partial charge in [0.1, 0.15) is 18.2 Å². The van der Waals surface area contributed by atoms with Gasteiger partial charge in [-0.1, -0.05) is 23.9 Å². The number of nitrogens with zero attached hydrogens (tertiary/aromatic N) is 4. The molecule has 0 aliphatic carbocycles. The Balaban J connectivity index is 1.61. The SMILES string of the molecule is O=C(CSc1nc2ccccc2o1)Nn1cnnc1. The maximum atomic E-state index is 11.6. The third kappa shape index (κ3) is 2.74. The van der Waals surface area contributed by atoms with Crippen LogP contribution in [-0.2, 0) is 4.79 Å². The molecule has 19 heavy (non-hydrogen) atoms. The van der Waals surface area contributed by atoms with E-state index < -0.39 is 0 Å². The van der Waals surface area contributed by atoms with Crippen LogP contribution in [0.3, 0.4) is 0 Å². The highest BCUT2D eigenvalue weighted by Crippen LogP contribution is 2.22. The summed E-state index contributed by atoms with van der Waals surface area (Å²) >= 11 is 1.23. The molecule has 1 N–H and O–H groups in total. The molecule has 0 saturated carbocycles. The Bertz CT molecular complexity index is 661. The number of hydrogen-bond acceptors (Lipinski definition) is 6. The monoisotopic (exact) mass is 275 g/mol. The molecule has 0 bridgehead atoms. The summed E-state index contributed by atoms with van der Waals surface area (Å²) < 4.78 is 6.88. The van der Waals surface area contributed by atoms with Gasteiger partial charge in [0, 0.05) is 0 Å². The van der Waals surface area contributed by atoms with Crippen LogP contribution in [0.2, 0.25) is 0 Å². The van der Waals surface area contributed by atoms with Crippen molar-refractivity contribution < 1.29 is 9.21 Å². The number of para-hydroxylation sites is 2. The number of benzene rings is 1. The molecule has 3 aromatic rings. The van der Waals surface area contributed by atoms with Gasteiger partial charge >= 0.3 is 0 Å². The van der Waals surface area contributed by atoms with E-state index in [-0.39, 0.29) is 11.7 Å². The van der Waals surface area contributed by atoms with Gasteiger partial charge in [-0.05, 0) is 12.1 Å². The second-order valence-electron chi connectivity index (χ2n) is 3.64. The second kappa shape index (κ2) is 5.11. The third-order valence-electron chi connectivity index (χ3n) is 2.27. The quantitative estimate of drug-likeness (QED) is 0.722. The Morgan fingerprint density at radius 1 is 1.32 bits per heavy atom. The van der Waals surface area contributed by atoms with Crippen molar-refractivity contribution in [2.45, 2.75) is 5.22 Å². The molecule has 0 fully saturated rings. The number of nitrogens with one attached hydrogen (secondary N) is 1. The molecule has 0 unspecified atom stereocenters. The van der Waals surface area contributed by atoms with Crippen LogP contribution in [0, 0.1) is 0 Å². The minimum atomic E-state index is -0.188. The summed E-state index contributed by atoms with van der Waals surface area (Å²) in [7, 11) is 0. The average molecular weight is 275 g/mol. The van der Waals surface area contributed by atoms with E-state index in [4.69, 9.17) is 4.42 Å². The molecule has 8 heteroatoms. The molecule has 0 aliphatic rings. The van der Waals surface area contributed by atoms with E-state index in [0.717, 1.165) is 5.52 Å². The zero-order valence-electron chi connectivity index (χ0n) is 9.68. The zero-order chi connectivity index (χ0) is 13.1. The highest BCUT2D eigenvalue weighted by Gasteiger charge is 2.09. The summed E-state index contributed by atoms with van der Waals surface area (Å²) in [6, 6.07) is 7.46. The molecule has 0 saturated heterocycles. The fourth-order valence-electron chi connectivity index (χ4n) is 1.47. The number of aromatic nitrogens is 4. The van der Waals surface area contributed by atoms with Gasteiger partial charge in [0.2, 0.25) is 5.91 Å². The van der Waals surface area contributed by atoms with Crippen molar-refractivity contribution in [3.05, 3.63) is 36.9 Å². The van der Waals surface area contributed by atoms with Crippen molar-refractivity contribution in [1.29, 1.82) is 0 Å². The molecule has 96 valence electrons. The number of amides is 1. The Kier molecular flexibility index (Phi) is 3.15. The molecule has 0 atom stereocenters. The fraction of sp³-hybridized carbons (Fsp3) is 0.0909. The summed E-state index contributed by atoms with van der Waals surface area (Å²) in [4.78, 5) is 15.9. The lowest BCUT2D eigenvalue weighted by molar-refractivity contribution is -0.114. The van der Waals surface area contributed by atoms with E-state index in [1.165, 1.54) is 29.1 Å². The number of fused-ring (bicyclic) bond motifs is 1. The number of thioether (sulfide) groups is 1. The van der Waals surface area contributed by atoms with Crippen LogP contribution in [0.25, 0.3) is 11.1 Å². The van der Waals surface area contributed by atoms with Gasteiger partial charge in [0.25, 0.3) is 5.22 Å². The van der Waals surface area contributed by atoms with Gasteiger partial charge in [-0.2, -0.15) is 0 Å². The largest absolute Gasteiger partial charge is 0.431 e. The van der Waals surface area contributed by atoms with Crippen molar-refractivity contribution in [1.82, 2.24) is 19.9 Å². The molecule has 2 aromatic heterocycles. The van der Waals surface area contributed by atoms with E-state index in [0.29, 0.717) is 10.8 Å². The predicted molar refractivity (Wildman–Crippen MR) is 69.1 cm³/mol. The van der Waals surface area contributed by atoms with Crippen molar-refractivity contribution in [2.75, 3.05) is 11.2 Å². The fourth-order valence-corrected chi connectivity index (χ4v) is 2.11. The van der Waals surface area contributed by atoms with Crippen LogP contribution in [0.15, 0.2) is 46.6 Å². The molecule has 1 amide bonds. The highest BCUT2D eigenvalue weighted by atomic mass is 32.2. The molecule has 7 nitrogen and oxygen atoms in total. The van der Waals surface area contributed by atoms with E-state index in [9.17, 15) is 4.79 Å². The number of rotatable bonds is 4. The number of carbonyl (C=O) groups excluding carboxylic acids is 1. The minimum Gasteiger partial charge on any atom is -0.431 e. The normalized spacial score (nSPS) is 10.7. The molecular weight excluding hydrogens is 266 g/mol. The Hall–Kier alpha value is -2.35. The first-order valence-electron chi connectivity index (χ1n) is 5.44. The lowest BCUT2D eigenvalue weighted by atomic mass is 10.3. The predicted octanol–water partition coefficient (Wildman–Crippen LogP) is 1.28. The Labute approximate surface area is 112 Å². The first kappa shape index (κ1) is 11.7. The molecule has 1 aromatic carbocycles. The highest BCUT2D eigenvalue weighted by molar-refractivity contribution is 7.99. The average Bonchev–Trinajstić information content (AvgIpc) is 3.04. The van der Waals surface area contributed by atoms with Crippen LogP contribution < -0.4 is 5.43 Å². The molecule has 3 rings (SSSR count). The maximum absolute atomic E-state index is 11.6. The zero-order valence-corrected chi connectivity index (χ0v) is 10.5. The summed E-state index contributed by atoms with van der Waals surface area (Å²) in [5, 5.41) is 7.64. The van der Waals surface area contributed by atoms with Crippen molar-refractivity contribution in [2.24, 2.45) is 0 Å². The lowest BCUT2D eigenvalue weighted by Gasteiger charge is -2.01. The van der Waals surface area contributed by atoms with Gasteiger partial charge in [0.15, 0.2) is 5.58 Å². The van der Waals surface area contributed by atoms with E-state index in [2.05, 4.69) is 20.6 Å². The first-order valence-corrected chi connectivity index (χ1v) is 6.43. The lowest BCUT2D eigenvalue weighted by Crippen LogP contribution is -2.23. The number of carbonyl (C=O) groups is 1. The summed E-state index contributed by atoms with van der Waals surface area (Å²) in [5.74, 6) is 0.0115. The van der Waals surface area contributed by atoms with Crippen molar-refractivity contribution in [3.63, 3.8) is 0 Å². The van der Waals surface area contributed by atoms with Crippen molar-refractivity contribution >= 4 is 28.8 Å². The standard InChI is InChI=1S/C11H9N5O2S/c17-10(15-16-6-12-13-7-16)5-19-11-14-8-3-1-2-4-9(8)18-11/h1-4,6-7H,5H2,(H,15,17). The van der Waals surface area contributed by atoms with E-state index in [1.54, 1.807) is 0 Å². The van der Waals surface area contributed by atoms with Crippen LogP contribution in [0.5, 0.6) is 0 Å². The van der Waals surface area contributed by atoms with Crippen LogP contribution in [-0.4, -0.2) is 31.5 Å². The van der Waals surface area contributed by atoms with Gasteiger partial charge < -0.3 is 4.42 Å². The van der Waals surface area contributed by atoms with E-state index in [1.807, 2.05) is 24.3 Å². The molecule has 0 aliphatic heterocycles. The van der Waals surface area contributed by atoms with Crippen LogP contribution >= 0.6 is 11.8 Å². The number of oxazole rings is 1. The Morgan fingerprint density at radius 3 is 2.89 bits per heavy atom. The van der Waals surface area contributed by atoms with Gasteiger partial charge in [0.05, 0.1) is 5.75 Å². The topological polar surface area (TPSA) is 85.8 Å². The molecule has 2 heterocycles. The van der Waals surface area contributed by atoms with Crippen LogP contribution in [0.1, 0.15) is 0 Å². The maximum Gasteiger partial charge on any atom is 0.257 e. The summed E-state index contributed by atoms with van der Waals surface area (Å²) in [5.41, 5.74) is 4.08. The summed E-state index contributed by atoms with van der Waals surface area (Å²) in [6.07, 6.45) is 2.81. The minimum absolute atomic E-state index is 0.188. The summed E-state index contributed by atoms with van der Waals surface area (Å²) in [6.45, 7) is 0. The Morgan fingerprint density at radius 2 is 2.11 bits per heavy atom. The first-order chi connectivity index (χ1) is 9.31. The molecular formula is C11H9N5O2S. The smallest absolute Gasteiger partial charge is 0.257 e.